The average Bonchev–Trinajstić information content (AvgIpc) is 3.66. The molecule has 0 aliphatic carbocycles. The van der Waals surface area contributed by atoms with Gasteiger partial charge in [-0.3, -0.25) is 0 Å². The first-order valence-electron chi connectivity index (χ1n) is 15.4. The number of hydrogen-bond acceptors (Lipinski definition) is 8. The maximum Gasteiger partial charge on any atom is 0.187 e. The zero-order valence-electron chi connectivity index (χ0n) is 26.1. The van der Waals surface area contributed by atoms with Gasteiger partial charge in [-0.25, -0.2) is 14.4 Å². The van der Waals surface area contributed by atoms with Crippen molar-refractivity contribution in [2.75, 3.05) is 32.3 Å². The largest absolute Gasteiger partial charge is 0.497 e. The molecule has 1 aliphatic rings. The van der Waals surface area contributed by atoms with Crippen LogP contribution < -0.4 is 23.8 Å². The van der Waals surface area contributed by atoms with E-state index in [1.807, 2.05) is 73.7 Å². The van der Waals surface area contributed by atoms with Crippen molar-refractivity contribution in [3.05, 3.63) is 89.7 Å². The normalized spacial score (nSPS) is 12.9. The van der Waals surface area contributed by atoms with Gasteiger partial charge in [-0.05, 0) is 67.3 Å². The lowest BCUT2D eigenvalue weighted by Crippen LogP contribution is -2.22. The molecule has 2 aromatic heterocycles. The van der Waals surface area contributed by atoms with E-state index in [9.17, 15) is 0 Å². The van der Waals surface area contributed by atoms with Crippen LogP contribution in [0.5, 0.6) is 23.0 Å². The van der Waals surface area contributed by atoms with Crippen LogP contribution in [0.25, 0.3) is 32.6 Å². The first-order chi connectivity index (χ1) is 22.5. The highest BCUT2D eigenvalue weighted by molar-refractivity contribution is 7.22. The Morgan fingerprint density at radius 2 is 1.57 bits per heavy atom. The van der Waals surface area contributed by atoms with Crippen LogP contribution in [0.4, 0.5) is 9.52 Å². The third-order valence-electron chi connectivity index (χ3n) is 8.16. The van der Waals surface area contributed by atoms with Gasteiger partial charge in [0.2, 0.25) is 0 Å². The highest BCUT2D eigenvalue weighted by Crippen LogP contribution is 2.39. The van der Waals surface area contributed by atoms with Crippen LogP contribution in [0.3, 0.4) is 0 Å². The van der Waals surface area contributed by atoms with Gasteiger partial charge in [0.05, 0.1) is 37.6 Å². The summed E-state index contributed by atoms with van der Waals surface area (Å²) in [5, 5.41) is 0.734. The molecule has 3 heterocycles. The van der Waals surface area contributed by atoms with Crippen LogP contribution >= 0.6 is 11.3 Å². The fraction of sp³-hybridized carbons (Fsp3) is 0.278. The topological polar surface area (TPSA) is 70.9 Å². The molecule has 236 valence electrons. The molecule has 10 heteroatoms. The Hall–Kier alpha value is -4.83. The van der Waals surface area contributed by atoms with Crippen molar-refractivity contribution in [2.24, 2.45) is 0 Å². The first kappa shape index (κ1) is 29.9. The van der Waals surface area contributed by atoms with Crippen LogP contribution in [0.1, 0.15) is 30.9 Å². The lowest BCUT2D eigenvalue weighted by atomic mass is 10.1. The Morgan fingerprint density at radius 1 is 0.870 bits per heavy atom. The zero-order chi connectivity index (χ0) is 31.6. The third-order valence-corrected chi connectivity index (χ3v) is 9.22. The molecule has 0 fully saturated rings. The number of rotatable bonds is 10. The summed E-state index contributed by atoms with van der Waals surface area (Å²) in [6, 6.07) is 23.4. The smallest absolute Gasteiger partial charge is 0.187 e. The third kappa shape index (κ3) is 5.92. The SMILES string of the molecule is CCOc1cc2c3c(c1)nc(-c1cc(F)c4nc(N(Cc5ccc(OC)cc5)Cc5ccc(OC)cc5)sc4c1)n3CCCCO2. The van der Waals surface area contributed by atoms with E-state index in [1.54, 1.807) is 20.3 Å². The molecule has 0 radical (unpaired) electrons. The molecule has 7 rings (SSSR count). The number of hydrogen-bond donors (Lipinski definition) is 0. The molecule has 0 spiro atoms. The second-order valence-corrected chi connectivity index (χ2v) is 12.2. The molecular formula is C36H35FN4O4S. The minimum Gasteiger partial charge on any atom is -0.497 e. The summed E-state index contributed by atoms with van der Waals surface area (Å²) < 4.78 is 41.5. The van der Waals surface area contributed by atoms with Crippen molar-refractivity contribution >= 4 is 37.7 Å². The number of benzene rings is 4. The van der Waals surface area contributed by atoms with Gasteiger partial charge in [-0.2, -0.15) is 0 Å². The number of imidazole rings is 1. The van der Waals surface area contributed by atoms with E-state index in [2.05, 4.69) is 9.47 Å². The number of fused-ring (bicyclic) bond motifs is 1. The van der Waals surface area contributed by atoms with E-state index >= 15 is 4.39 Å². The molecule has 0 bridgehead atoms. The molecule has 6 aromatic rings. The maximum absolute atomic E-state index is 15.9. The van der Waals surface area contributed by atoms with Crippen molar-refractivity contribution in [2.45, 2.75) is 39.4 Å². The molecule has 0 amide bonds. The lowest BCUT2D eigenvalue weighted by Gasteiger charge is -2.22. The van der Waals surface area contributed by atoms with E-state index in [4.69, 9.17) is 28.9 Å². The Morgan fingerprint density at radius 3 is 2.22 bits per heavy atom. The fourth-order valence-electron chi connectivity index (χ4n) is 5.89. The van der Waals surface area contributed by atoms with E-state index in [-0.39, 0.29) is 5.82 Å². The number of halogens is 1. The van der Waals surface area contributed by atoms with Crippen LogP contribution in [0.2, 0.25) is 0 Å². The molecule has 0 saturated carbocycles. The predicted molar refractivity (Wildman–Crippen MR) is 180 cm³/mol. The molecule has 0 atom stereocenters. The Balaban J connectivity index is 1.29. The van der Waals surface area contributed by atoms with Gasteiger partial charge in [-0.1, -0.05) is 35.6 Å². The summed E-state index contributed by atoms with van der Waals surface area (Å²) in [6.45, 7) is 5.08. The van der Waals surface area contributed by atoms with E-state index in [1.165, 1.54) is 11.3 Å². The molecule has 4 aromatic carbocycles. The Kier molecular flexibility index (Phi) is 8.36. The summed E-state index contributed by atoms with van der Waals surface area (Å²) in [5.74, 6) is 3.38. The van der Waals surface area contributed by atoms with Gasteiger partial charge in [0.25, 0.3) is 0 Å². The fourth-order valence-corrected chi connectivity index (χ4v) is 6.91. The zero-order valence-corrected chi connectivity index (χ0v) is 26.9. The number of methoxy groups -OCH3 is 2. The number of ether oxygens (including phenoxy) is 4. The second-order valence-electron chi connectivity index (χ2n) is 11.2. The van der Waals surface area contributed by atoms with Gasteiger partial charge in [0, 0.05) is 37.3 Å². The Bertz CT molecular complexity index is 1940. The van der Waals surface area contributed by atoms with Crippen LogP contribution in [0.15, 0.2) is 72.8 Å². The van der Waals surface area contributed by atoms with Crippen molar-refractivity contribution in [1.82, 2.24) is 14.5 Å². The number of anilines is 1. The molecule has 8 nitrogen and oxygen atoms in total. The lowest BCUT2D eigenvalue weighted by molar-refractivity contribution is 0.294. The molecule has 1 aliphatic heterocycles. The van der Waals surface area contributed by atoms with Crippen molar-refractivity contribution in [1.29, 1.82) is 0 Å². The standard InChI is InChI=1S/C36H35FN4O4S/c1-4-44-28-19-30-34-31(20-28)45-16-6-5-15-41(34)35(38-30)25-17-29(37)33-32(18-25)46-36(39-33)40(21-23-7-11-26(42-2)12-8-23)22-24-9-13-27(43-3)14-10-24/h7-14,17-20H,4-6,15-16,21-22H2,1-3H3. The summed E-state index contributed by atoms with van der Waals surface area (Å²) in [4.78, 5) is 12.0. The van der Waals surface area contributed by atoms with Gasteiger partial charge >= 0.3 is 0 Å². The van der Waals surface area contributed by atoms with E-state index in [0.29, 0.717) is 49.0 Å². The number of aromatic nitrogens is 3. The monoisotopic (exact) mass is 638 g/mol. The minimum atomic E-state index is -0.374. The van der Waals surface area contributed by atoms with E-state index in [0.717, 1.165) is 68.6 Å². The van der Waals surface area contributed by atoms with Crippen LogP contribution in [-0.4, -0.2) is 42.0 Å². The highest BCUT2D eigenvalue weighted by atomic mass is 32.1. The Labute approximate surface area is 270 Å². The quantitative estimate of drug-likeness (QED) is 0.150. The molecule has 0 unspecified atom stereocenters. The summed E-state index contributed by atoms with van der Waals surface area (Å²) in [5.41, 5.74) is 4.92. The van der Waals surface area contributed by atoms with Crippen molar-refractivity contribution < 1.29 is 23.3 Å². The molecule has 46 heavy (non-hydrogen) atoms. The summed E-state index contributed by atoms with van der Waals surface area (Å²) >= 11 is 1.48. The number of aryl methyl sites for hydroxylation is 1. The van der Waals surface area contributed by atoms with Crippen molar-refractivity contribution in [3.8, 4) is 34.4 Å². The number of nitrogens with zero attached hydrogens (tertiary/aromatic N) is 4. The van der Waals surface area contributed by atoms with Gasteiger partial charge in [0.1, 0.15) is 39.9 Å². The van der Waals surface area contributed by atoms with E-state index < -0.39 is 0 Å². The summed E-state index contributed by atoms with van der Waals surface area (Å²) in [6.07, 6.45) is 1.85. The van der Waals surface area contributed by atoms with Crippen LogP contribution in [0, 0.1) is 5.82 Å². The van der Waals surface area contributed by atoms with Gasteiger partial charge in [-0.15, -0.1) is 0 Å². The van der Waals surface area contributed by atoms with Gasteiger partial charge < -0.3 is 28.4 Å². The maximum atomic E-state index is 15.9. The average molecular weight is 639 g/mol. The summed E-state index contributed by atoms with van der Waals surface area (Å²) in [7, 11) is 3.31. The predicted octanol–water partition coefficient (Wildman–Crippen LogP) is 8.25. The second kappa shape index (κ2) is 12.9. The van der Waals surface area contributed by atoms with Crippen molar-refractivity contribution in [3.63, 3.8) is 0 Å². The molecule has 0 saturated heterocycles. The molecular weight excluding hydrogens is 603 g/mol. The van der Waals surface area contributed by atoms with Gasteiger partial charge in [0.15, 0.2) is 10.9 Å². The minimum absolute atomic E-state index is 0.352. The van der Waals surface area contributed by atoms with Crippen LogP contribution in [-0.2, 0) is 19.6 Å². The highest BCUT2D eigenvalue weighted by Gasteiger charge is 2.23. The first-order valence-corrected chi connectivity index (χ1v) is 16.3. The number of thiazole rings is 1. The molecule has 0 N–H and O–H groups in total.